The highest BCUT2D eigenvalue weighted by Crippen LogP contribution is 2.44. The highest BCUT2D eigenvalue weighted by Gasteiger charge is 2.47. The van der Waals surface area contributed by atoms with E-state index in [1.807, 2.05) is 0 Å². The van der Waals surface area contributed by atoms with Crippen LogP contribution >= 0.6 is 0 Å². The summed E-state index contributed by atoms with van der Waals surface area (Å²) in [6, 6.07) is 4.05. The lowest BCUT2D eigenvalue weighted by molar-refractivity contribution is -0.0494. The van der Waals surface area contributed by atoms with Crippen molar-refractivity contribution in [2.24, 2.45) is 0 Å². The van der Waals surface area contributed by atoms with Crippen LogP contribution in [0.3, 0.4) is 0 Å². The summed E-state index contributed by atoms with van der Waals surface area (Å²) in [5.41, 5.74) is 7.24. The van der Waals surface area contributed by atoms with Crippen LogP contribution in [0.4, 0.5) is 29.3 Å². The van der Waals surface area contributed by atoms with Crippen LogP contribution in [-0.2, 0) is 4.74 Å². The lowest BCUT2D eigenvalue weighted by Crippen LogP contribution is -2.49. The Morgan fingerprint density at radius 3 is 2.63 bits per heavy atom. The third kappa shape index (κ3) is 4.37. The Hall–Kier alpha value is -2.73. The molecule has 35 heavy (non-hydrogen) atoms. The molecule has 2 aromatic rings. The van der Waals surface area contributed by atoms with Gasteiger partial charge in [-0.05, 0) is 31.4 Å². The van der Waals surface area contributed by atoms with E-state index in [0.29, 0.717) is 29.4 Å². The van der Waals surface area contributed by atoms with Gasteiger partial charge in [0.25, 0.3) is 5.92 Å². The van der Waals surface area contributed by atoms with Crippen molar-refractivity contribution in [2.45, 2.75) is 62.3 Å². The standard InChI is InChI=1S/C23H26F4N6O2/c24-21(25)35-19-5-13(8-29-20(19)28)18-7-17(30-22(31-18)32-2-1-23(26,27)11-32)12-3-14(4-12)33-9-16-6-15(33)10-34-16/h5,7-8,12,14-16,21H,1-4,6,9-11H2,(H2,28,29)/t12?,14?,15-,16-/m0/s1. The van der Waals surface area contributed by atoms with Gasteiger partial charge in [-0.15, -0.1) is 0 Å². The van der Waals surface area contributed by atoms with Crippen LogP contribution in [-0.4, -0.2) is 76.8 Å². The lowest BCUT2D eigenvalue weighted by Gasteiger charge is -2.44. The van der Waals surface area contributed by atoms with Gasteiger partial charge in [0.2, 0.25) is 5.95 Å². The van der Waals surface area contributed by atoms with Gasteiger partial charge < -0.3 is 20.1 Å². The Labute approximate surface area is 199 Å². The molecular formula is C23H26F4N6O2. The Morgan fingerprint density at radius 2 is 1.97 bits per heavy atom. The molecular weight excluding hydrogens is 468 g/mol. The summed E-state index contributed by atoms with van der Waals surface area (Å²) in [6.45, 7) is -1.64. The van der Waals surface area contributed by atoms with Crippen LogP contribution in [0.2, 0.25) is 0 Å². The first kappa shape index (κ1) is 22.7. The summed E-state index contributed by atoms with van der Waals surface area (Å²) in [5, 5.41) is 0. The molecule has 4 fully saturated rings. The number of pyridine rings is 1. The van der Waals surface area contributed by atoms with Gasteiger partial charge in [0.15, 0.2) is 11.6 Å². The molecule has 3 saturated heterocycles. The largest absolute Gasteiger partial charge is 0.431 e. The molecule has 0 radical (unpaired) electrons. The minimum absolute atomic E-state index is 0.139. The number of nitrogens with two attached hydrogens (primary N) is 1. The molecule has 4 aliphatic rings. The molecule has 0 aromatic carbocycles. The highest BCUT2D eigenvalue weighted by molar-refractivity contribution is 5.65. The first-order valence-corrected chi connectivity index (χ1v) is 11.8. The molecule has 8 nitrogen and oxygen atoms in total. The summed E-state index contributed by atoms with van der Waals surface area (Å²) >= 11 is 0. The molecule has 0 spiro atoms. The van der Waals surface area contributed by atoms with E-state index in [4.69, 9.17) is 10.5 Å². The molecule has 6 rings (SSSR count). The molecule has 12 heteroatoms. The average molecular weight is 494 g/mol. The predicted molar refractivity (Wildman–Crippen MR) is 119 cm³/mol. The van der Waals surface area contributed by atoms with E-state index >= 15 is 0 Å². The fourth-order valence-corrected chi connectivity index (χ4v) is 5.62. The molecule has 0 amide bonds. The number of hydrogen-bond acceptors (Lipinski definition) is 8. The number of anilines is 2. The van der Waals surface area contributed by atoms with Crippen molar-refractivity contribution >= 4 is 11.8 Å². The smallest absolute Gasteiger partial charge is 0.387 e. The van der Waals surface area contributed by atoms with Gasteiger partial charge in [-0.3, -0.25) is 4.90 Å². The maximum absolute atomic E-state index is 13.9. The number of alkyl halides is 4. The molecule has 188 valence electrons. The zero-order chi connectivity index (χ0) is 24.3. The van der Waals surface area contributed by atoms with Gasteiger partial charge >= 0.3 is 6.61 Å². The van der Waals surface area contributed by atoms with Crippen LogP contribution in [0.25, 0.3) is 11.3 Å². The van der Waals surface area contributed by atoms with Crippen molar-refractivity contribution in [3.63, 3.8) is 0 Å². The molecule has 2 aromatic heterocycles. The SMILES string of the molecule is Nc1ncc(-c2cc(C3CC(N4C[C@@H]5C[C@H]4CO5)C3)nc(N3CCC(F)(F)C3)n2)cc1OC(F)F. The van der Waals surface area contributed by atoms with E-state index in [0.717, 1.165) is 38.1 Å². The number of rotatable bonds is 6. The van der Waals surface area contributed by atoms with E-state index in [-0.39, 0.29) is 36.4 Å². The minimum Gasteiger partial charge on any atom is -0.431 e. The van der Waals surface area contributed by atoms with Gasteiger partial charge in [0.1, 0.15) is 0 Å². The summed E-state index contributed by atoms with van der Waals surface area (Å²) in [6.07, 6.45) is 4.38. The fourth-order valence-electron chi connectivity index (χ4n) is 5.62. The highest BCUT2D eigenvalue weighted by atomic mass is 19.3. The van der Waals surface area contributed by atoms with Crippen molar-refractivity contribution in [3.8, 4) is 17.0 Å². The summed E-state index contributed by atoms with van der Waals surface area (Å²) in [4.78, 5) is 17.1. The number of likely N-dealkylation sites (tertiary alicyclic amines) is 1. The molecule has 2 bridgehead atoms. The van der Waals surface area contributed by atoms with Crippen molar-refractivity contribution in [1.82, 2.24) is 19.9 Å². The number of halogens is 4. The predicted octanol–water partition coefficient (Wildman–Crippen LogP) is 3.29. The summed E-state index contributed by atoms with van der Waals surface area (Å²) in [5.74, 6) is -2.88. The van der Waals surface area contributed by atoms with E-state index < -0.39 is 19.1 Å². The Balaban J connectivity index is 1.29. The maximum Gasteiger partial charge on any atom is 0.387 e. The number of nitrogens with zero attached hydrogens (tertiary/aromatic N) is 5. The first-order valence-electron chi connectivity index (χ1n) is 11.8. The minimum atomic E-state index is -3.06. The molecule has 1 aliphatic carbocycles. The number of hydrogen-bond donors (Lipinski definition) is 1. The zero-order valence-electron chi connectivity index (χ0n) is 18.9. The van der Waals surface area contributed by atoms with E-state index in [1.165, 1.54) is 17.2 Å². The second-order valence-corrected chi connectivity index (χ2v) is 9.86. The molecule has 2 atom stereocenters. The zero-order valence-corrected chi connectivity index (χ0v) is 18.9. The summed E-state index contributed by atoms with van der Waals surface area (Å²) in [7, 11) is 0. The van der Waals surface area contributed by atoms with Crippen molar-refractivity contribution < 1.29 is 27.0 Å². The van der Waals surface area contributed by atoms with Gasteiger partial charge in [0.05, 0.1) is 24.9 Å². The molecule has 1 saturated carbocycles. The molecule has 2 N–H and O–H groups in total. The molecule has 3 aliphatic heterocycles. The quantitative estimate of drug-likeness (QED) is 0.612. The number of morpholine rings is 1. The van der Waals surface area contributed by atoms with Gasteiger partial charge in [0, 0.05) is 55.0 Å². The van der Waals surface area contributed by atoms with Gasteiger partial charge in [-0.2, -0.15) is 8.78 Å². The lowest BCUT2D eigenvalue weighted by atomic mass is 9.76. The Morgan fingerprint density at radius 1 is 1.14 bits per heavy atom. The molecule has 0 unspecified atom stereocenters. The van der Waals surface area contributed by atoms with E-state index in [9.17, 15) is 17.6 Å². The third-order valence-electron chi connectivity index (χ3n) is 7.52. The van der Waals surface area contributed by atoms with Gasteiger partial charge in [-0.25, -0.2) is 23.7 Å². The number of nitrogen functional groups attached to an aromatic ring is 1. The number of ether oxygens (including phenoxy) is 2. The topological polar surface area (TPSA) is 89.6 Å². The second-order valence-electron chi connectivity index (χ2n) is 9.86. The number of fused-ring (bicyclic) bond motifs is 2. The Bertz CT molecular complexity index is 1120. The van der Waals surface area contributed by atoms with Gasteiger partial charge in [-0.1, -0.05) is 0 Å². The van der Waals surface area contributed by atoms with Crippen molar-refractivity contribution in [1.29, 1.82) is 0 Å². The van der Waals surface area contributed by atoms with Crippen LogP contribution < -0.4 is 15.4 Å². The Kier molecular flexibility index (Phi) is 5.48. The average Bonchev–Trinajstić information content (AvgIpc) is 3.49. The van der Waals surface area contributed by atoms with E-state index in [2.05, 4.69) is 24.6 Å². The monoisotopic (exact) mass is 494 g/mol. The number of aromatic nitrogens is 3. The first-order chi connectivity index (χ1) is 16.7. The van der Waals surface area contributed by atoms with Crippen molar-refractivity contribution in [2.75, 3.05) is 36.9 Å². The molecule has 5 heterocycles. The van der Waals surface area contributed by atoms with Crippen LogP contribution in [0.5, 0.6) is 5.75 Å². The van der Waals surface area contributed by atoms with E-state index in [1.54, 1.807) is 6.07 Å². The fraction of sp³-hybridized carbons (Fsp3) is 0.609. The second kappa shape index (κ2) is 8.44. The van der Waals surface area contributed by atoms with Crippen LogP contribution in [0, 0.1) is 0 Å². The van der Waals surface area contributed by atoms with Crippen LogP contribution in [0.15, 0.2) is 18.3 Å². The summed E-state index contributed by atoms with van der Waals surface area (Å²) < 4.78 is 63.7. The third-order valence-corrected chi connectivity index (χ3v) is 7.52. The normalized spacial score (nSPS) is 29.7. The van der Waals surface area contributed by atoms with Crippen LogP contribution in [0.1, 0.15) is 37.3 Å². The van der Waals surface area contributed by atoms with Crippen molar-refractivity contribution in [3.05, 3.63) is 24.0 Å². The maximum atomic E-state index is 13.9.